The number of hydrogen-bond acceptors (Lipinski definition) is 5. The number of fused-ring (bicyclic) bond motifs is 1. The number of aromatic nitrogens is 3. The maximum atomic E-state index is 12.5. The van der Waals surface area contributed by atoms with Crippen LogP contribution in [0.5, 0.6) is 0 Å². The van der Waals surface area contributed by atoms with Crippen molar-refractivity contribution in [1.29, 1.82) is 0 Å². The summed E-state index contributed by atoms with van der Waals surface area (Å²) in [5.41, 5.74) is 0. The molecule has 3 heterocycles. The minimum absolute atomic E-state index is 0.197. The van der Waals surface area contributed by atoms with Crippen molar-refractivity contribution >= 4 is 48.9 Å². The topological polar surface area (TPSA) is 68.1 Å². The van der Waals surface area contributed by atoms with Crippen LogP contribution in [0.25, 0.3) is 0 Å². The zero-order valence-corrected chi connectivity index (χ0v) is 15.1. The third kappa shape index (κ3) is 2.77. The lowest BCUT2D eigenvalue weighted by atomic mass is 10.4. The van der Waals surface area contributed by atoms with E-state index in [0.29, 0.717) is 14.6 Å². The molecule has 2 aromatic rings. The Morgan fingerprint density at radius 2 is 2.29 bits per heavy atom. The van der Waals surface area contributed by atoms with E-state index in [1.165, 1.54) is 17.4 Å². The molecule has 0 saturated carbocycles. The lowest BCUT2D eigenvalue weighted by Gasteiger charge is -2.15. The fraction of sp³-hybridized carbons (Fsp3) is 0.455. The first-order chi connectivity index (χ1) is 9.89. The Hall–Kier alpha value is -0.480. The quantitative estimate of drug-likeness (QED) is 0.775. The zero-order chi connectivity index (χ0) is 15.2. The highest BCUT2D eigenvalue weighted by Gasteiger charge is 2.27. The van der Waals surface area contributed by atoms with Gasteiger partial charge in [0.2, 0.25) is 0 Å². The van der Waals surface area contributed by atoms with E-state index in [4.69, 9.17) is 11.6 Å². The number of thiophene rings is 1. The molecule has 0 unspecified atom stereocenters. The summed E-state index contributed by atoms with van der Waals surface area (Å²) in [6, 6.07) is 1.45. The highest BCUT2D eigenvalue weighted by Crippen LogP contribution is 2.35. The zero-order valence-electron chi connectivity index (χ0n) is 11.1. The van der Waals surface area contributed by atoms with Gasteiger partial charge >= 0.3 is 0 Å². The average Bonchev–Trinajstić information content (AvgIpc) is 3.09. The number of sulfonamides is 1. The summed E-state index contributed by atoms with van der Waals surface area (Å²) in [4.78, 5) is 0. The second-order valence-electron chi connectivity index (χ2n) is 4.74. The SMILES string of the molecule is CN(Cc1nnc2n1CCC2)S(=O)(=O)c1cc(Cl)c(Br)s1. The fourth-order valence-electron chi connectivity index (χ4n) is 2.22. The monoisotopic (exact) mass is 410 g/mol. The van der Waals surface area contributed by atoms with Crippen LogP contribution in [0.3, 0.4) is 0 Å². The van der Waals surface area contributed by atoms with Crippen molar-refractivity contribution in [3.8, 4) is 0 Å². The third-order valence-corrected chi connectivity index (χ3v) is 8.06. The normalized spacial score (nSPS) is 14.9. The maximum absolute atomic E-state index is 12.5. The number of halogens is 2. The van der Waals surface area contributed by atoms with Gasteiger partial charge in [-0.1, -0.05) is 11.6 Å². The minimum atomic E-state index is -3.58. The van der Waals surface area contributed by atoms with Crippen LogP contribution < -0.4 is 0 Å². The predicted octanol–water partition coefficient (Wildman–Crippen LogP) is 2.52. The predicted molar refractivity (Wildman–Crippen MR) is 84.0 cm³/mol. The van der Waals surface area contributed by atoms with Crippen molar-refractivity contribution in [2.45, 2.75) is 30.1 Å². The van der Waals surface area contributed by atoms with Crippen molar-refractivity contribution in [2.24, 2.45) is 0 Å². The molecule has 0 aliphatic carbocycles. The summed E-state index contributed by atoms with van der Waals surface area (Å²) in [5, 5.41) is 8.57. The first-order valence-electron chi connectivity index (χ1n) is 6.21. The van der Waals surface area contributed by atoms with E-state index >= 15 is 0 Å². The lowest BCUT2D eigenvalue weighted by Crippen LogP contribution is -2.27. The average molecular weight is 412 g/mol. The molecule has 0 fully saturated rings. The van der Waals surface area contributed by atoms with Crippen molar-refractivity contribution < 1.29 is 8.42 Å². The first kappa shape index (κ1) is 15.4. The van der Waals surface area contributed by atoms with Crippen LogP contribution in [-0.4, -0.2) is 34.5 Å². The smallest absolute Gasteiger partial charge is 0.252 e. The van der Waals surface area contributed by atoms with Crippen LogP contribution in [0.1, 0.15) is 18.1 Å². The van der Waals surface area contributed by atoms with E-state index in [1.54, 1.807) is 0 Å². The fourth-order valence-corrected chi connectivity index (χ4v) is 5.95. The standard InChI is InChI=1S/C11H12BrClN4O2S2/c1-16(6-9-15-14-8-3-2-4-17(8)9)21(18,19)10-5-7(13)11(12)20-10/h5H,2-4,6H2,1H3. The molecule has 0 radical (unpaired) electrons. The van der Waals surface area contributed by atoms with Gasteiger partial charge in [0.15, 0.2) is 0 Å². The molecule has 0 bridgehead atoms. The Bertz CT molecular complexity index is 767. The Morgan fingerprint density at radius 1 is 1.52 bits per heavy atom. The molecule has 2 aromatic heterocycles. The van der Waals surface area contributed by atoms with E-state index in [-0.39, 0.29) is 10.8 Å². The summed E-state index contributed by atoms with van der Waals surface area (Å²) in [7, 11) is -2.04. The van der Waals surface area contributed by atoms with Crippen molar-refractivity contribution in [2.75, 3.05) is 7.05 Å². The second kappa shape index (κ2) is 5.62. The Balaban J connectivity index is 1.85. The van der Waals surface area contributed by atoms with E-state index in [9.17, 15) is 8.42 Å². The van der Waals surface area contributed by atoms with E-state index in [2.05, 4.69) is 26.1 Å². The molecule has 0 N–H and O–H groups in total. The molecule has 0 amide bonds. The maximum Gasteiger partial charge on any atom is 0.252 e. The highest BCUT2D eigenvalue weighted by atomic mass is 79.9. The Morgan fingerprint density at radius 3 is 2.95 bits per heavy atom. The summed E-state index contributed by atoms with van der Waals surface area (Å²) < 4.78 is 29.1. The van der Waals surface area contributed by atoms with Gasteiger partial charge in [0, 0.05) is 20.0 Å². The molecule has 10 heteroatoms. The highest BCUT2D eigenvalue weighted by molar-refractivity contribution is 9.11. The van der Waals surface area contributed by atoms with Crippen LogP contribution in [0.15, 0.2) is 14.1 Å². The third-order valence-electron chi connectivity index (χ3n) is 3.34. The van der Waals surface area contributed by atoms with Crippen LogP contribution in [0.4, 0.5) is 0 Å². The van der Waals surface area contributed by atoms with Gasteiger partial charge in [-0.2, -0.15) is 4.31 Å². The molecule has 0 atom stereocenters. The van der Waals surface area contributed by atoms with E-state index < -0.39 is 10.0 Å². The van der Waals surface area contributed by atoms with E-state index in [0.717, 1.165) is 36.5 Å². The van der Waals surface area contributed by atoms with Gasteiger partial charge in [-0.25, -0.2) is 8.42 Å². The molecule has 0 saturated heterocycles. The van der Waals surface area contributed by atoms with Crippen LogP contribution in [0, 0.1) is 0 Å². The molecular formula is C11H12BrClN4O2S2. The van der Waals surface area contributed by atoms with Crippen LogP contribution >= 0.6 is 38.9 Å². The minimum Gasteiger partial charge on any atom is -0.314 e. The number of nitrogens with zero attached hydrogens (tertiary/aromatic N) is 4. The van der Waals surface area contributed by atoms with Gasteiger partial charge in [0.05, 0.1) is 15.4 Å². The van der Waals surface area contributed by atoms with Gasteiger partial charge < -0.3 is 4.57 Å². The van der Waals surface area contributed by atoms with Gasteiger partial charge in [0.25, 0.3) is 10.0 Å². The number of hydrogen-bond donors (Lipinski definition) is 0. The lowest BCUT2D eigenvalue weighted by molar-refractivity contribution is 0.448. The molecule has 1 aliphatic rings. The summed E-state index contributed by atoms with van der Waals surface area (Å²) >= 11 is 10.2. The first-order valence-corrected chi connectivity index (χ1v) is 9.64. The summed E-state index contributed by atoms with van der Waals surface area (Å²) in [6.45, 7) is 1.05. The largest absolute Gasteiger partial charge is 0.314 e. The van der Waals surface area contributed by atoms with Gasteiger partial charge in [-0.05, 0) is 28.4 Å². The van der Waals surface area contributed by atoms with E-state index in [1.807, 2.05) is 4.57 Å². The molecular weight excluding hydrogens is 400 g/mol. The van der Waals surface area contributed by atoms with Gasteiger partial charge in [0.1, 0.15) is 15.9 Å². The van der Waals surface area contributed by atoms with Crippen molar-refractivity contribution in [1.82, 2.24) is 19.1 Å². The number of aryl methyl sites for hydroxylation is 1. The van der Waals surface area contributed by atoms with Crippen molar-refractivity contribution in [3.63, 3.8) is 0 Å². The van der Waals surface area contributed by atoms with Gasteiger partial charge in [-0.3, -0.25) is 0 Å². The Kier molecular flexibility index (Phi) is 4.12. The molecule has 1 aliphatic heterocycles. The molecule has 0 aromatic carbocycles. The van der Waals surface area contributed by atoms with Crippen LogP contribution in [-0.2, 0) is 29.5 Å². The van der Waals surface area contributed by atoms with Crippen LogP contribution in [0.2, 0.25) is 5.02 Å². The van der Waals surface area contributed by atoms with Crippen molar-refractivity contribution in [3.05, 3.63) is 26.5 Å². The summed E-state index contributed by atoms with van der Waals surface area (Å²) in [6.07, 6.45) is 1.93. The Labute approximate surface area is 139 Å². The molecule has 6 nitrogen and oxygen atoms in total. The molecule has 114 valence electrons. The number of rotatable bonds is 4. The second-order valence-corrected chi connectivity index (χ2v) is 9.78. The molecule has 21 heavy (non-hydrogen) atoms. The summed E-state index contributed by atoms with van der Waals surface area (Å²) in [5.74, 6) is 1.60. The van der Waals surface area contributed by atoms with Gasteiger partial charge in [-0.15, -0.1) is 21.5 Å². The molecule has 0 spiro atoms. The molecule has 3 rings (SSSR count).